The summed E-state index contributed by atoms with van der Waals surface area (Å²) in [4.78, 5) is 34.5. The van der Waals surface area contributed by atoms with E-state index in [4.69, 9.17) is 5.11 Å². The van der Waals surface area contributed by atoms with Crippen molar-refractivity contribution < 1.29 is 14.7 Å². The molecule has 1 atom stereocenters. The van der Waals surface area contributed by atoms with Crippen LogP contribution in [0.1, 0.15) is 34.6 Å². The molecule has 150 valence electrons. The number of pyridine rings is 1. The van der Waals surface area contributed by atoms with Crippen molar-refractivity contribution in [1.82, 2.24) is 19.4 Å². The van der Waals surface area contributed by atoms with E-state index in [0.29, 0.717) is 24.3 Å². The van der Waals surface area contributed by atoms with E-state index in [-0.39, 0.29) is 5.91 Å². The minimum atomic E-state index is -0.912. The first-order chi connectivity index (χ1) is 14.0. The average molecular weight is 392 g/mol. The third-order valence-corrected chi connectivity index (χ3v) is 5.65. The summed E-state index contributed by atoms with van der Waals surface area (Å²) in [5.74, 6) is 0.537. The molecule has 1 aromatic carbocycles. The number of nitrogens with zero attached hydrogens (tertiary/aromatic N) is 4. The first kappa shape index (κ1) is 19.1. The standard InChI is InChI=1S/C22H24N4O3/c1-25-19(24-18-3-2-11-23-21(18)25)8-9-20(27)26-12-10-16(14-26)13-15-4-6-17(7-5-15)22(28)29/h2-7,11,16H,8-10,12-14H2,1H3,(H,28,29)/t16-/m1/s1. The van der Waals surface area contributed by atoms with Gasteiger partial charge in [-0.25, -0.2) is 14.8 Å². The number of carboxylic acid groups (broad SMARTS) is 1. The van der Waals surface area contributed by atoms with Gasteiger partial charge < -0.3 is 14.6 Å². The third kappa shape index (κ3) is 4.13. The molecule has 0 spiro atoms. The average Bonchev–Trinajstić information content (AvgIpc) is 3.31. The van der Waals surface area contributed by atoms with E-state index in [0.717, 1.165) is 48.5 Å². The van der Waals surface area contributed by atoms with Crippen LogP contribution in [0.3, 0.4) is 0 Å². The Kier molecular flexibility index (Phi) is 5.29. The van der Waals surface area contributed by atoms with Gasteiger partial charge in [-0.3, -0.25) is 4.79 Å². The highest BCUT2D eigenvalue weighted by Gasteiger charge is 2.26. The Morgan fingerprint density at radius 2 is 2.00 bits per heavy atom. The number of aromatic carboxylic acids is 1. The number of hydrogen-bond donors (Lipinski definition) is 1. The fourth-order valence-electron chi connectivity index (χ4n) is 4.01. The first-order valence-corrected chi connectivity index (χ1v) is 9.87. The zero-order chi connectivity index (χ0) is 20.4. The fourth-order valence-corrected chi connectivity index (χ4v) is 4.01. The van der Waals surface area contributed by atoms with Crippen LogP contribution >= 0.6 is 0 Å². The van der Waals surface area contributed by atoms with E-state index in [9.17, 15) is 9.59 Å². The predicted molar refractivity (Wildman–Crippen MR) is 109 cm³/mol. The van der Waals surface area contributed by atoms with Crippen molar-refractivity contribution in [3.63, 3.8) is 0 Å². The maximum atomic E-state index is 12.7. The highest BCUT2D eigenvalue weighted by Crippen LogP contribution is 2.22. The van der Waals surface area contributed by atoms with Crippen LogP contribution in [-0.2, 0) is 24.7 Å². The summed E-state index contributed by atoms with van der Waals surface area (Å²) in [7, 11) is 1.93. The second-order valence-electron chi connectivity index (χ2n) is 7.63. The molecule has 3 heterocycles. The molecule has 29 heavy (non-hydrogen) atoms. The lowest BCUT2D eigenvalue weighted by Gasteiger charge is -2.16. The number of imidazole rings is 1. The van der Waals surface area contributed by atoms with Crippen LogP contribution in [0.5, 0.6) is 0 Å². The van der Waals surface area contributed by atoms with E-state index >= 15 is 0 Å². The van der Waals surface area contributed by atoms with Gasteiger partial charge in [0.1, 0.15) is 11.3 Å². The molecule has 1 fully saturated rings. The number of benzene rings is 1. The number of carbonyl (C=O) groups is 2. The molecule has 1 N–H and O–H groups in total. The third-order valence-electron chi connectivity index (χ3n) is 5.65. The van der Waals surface area contributed by atoms with Gasteiger partial charge >= 0.3 is 5.97 Å². The van der Waals surface area contributed by atoms with Crippen molar-refractivity contribution in [1.29, 1.82) is 0 Å². The first-order valence-electron chi connectivity index (χ1n) is 9.87. The smallest absolute Gasteiger partial charge is 0.335 e. The van der Waals surface area contributed by atoms with Crippen molar-refractivity contribution in [2.45, 2.75) is 25.7 Å². The molecule has 1 amide bonds. The van der Waals surface area contributed by atoms with Gasteiger partial charge in [0.15, 0.2) is 5.65 Å². The summed E-state index contributed by atoms with van der Waals surface area (Å²) in [5.41, 5.74) is 3.10. The lowest BCUT2D eigenvalue weighted by Crippen LogP contribution is -2.29. The van der Waals surface area contributed by atoms with Crippen molar-refractivity contribution in [3.8, 4) is 0 Å². The van der Waals surface area contributed by atoms with Crippen LogP contribution in [0.4, 0.5) is 0 Å². The van der Waals surface area contributed by atoms with E-state index in [1.807, 2.05) is 40.8 Å². The maximum Gasteiger partial charge on any atom is 0.335 e. The number of fused-ring (bicyclic) bond motifs is 1. The lowest BCUT2D eigenvalue weighted by atomic mass is 9.98. The molecule has 7 heteroatoms. The fraction of sp³-hybridized carbons (Fsp3) is 0.364. The molecule has 0 aliphatic carbocycles. The van der Waals surface area contributed by atoms with Crippen molar-refractivity contribution in [2.24, 2.45) is 13.0 Å². The number of aromatic nitrogens is 3. The molecule has 3 aromatic rings. The molecule has 0 unspecified atom stereocenters. The molecular formula is C22H24N4O3. The number of aryl methyl sites for hydroxylation is 2. The minimum Gasteiger partial charge on any atom is -0.478 e. The second-order valence-corrected chi connectivity index (χ2v) is 7.63. The molecule has 1 aliphatic heterocycles. The number of carbonyl (C=O) groups excluding carboxylic acids is 1. The number of amides is 1. The zero-order valence-electron chi connectivity index (χ0n) is 16.4. The summed E-state index contributed by atoms with van der Waals surface area (Å²) < 4.78 is 1.95. The summed E-state index contributed by atoms with van der Waals surface area (Å²) in [6, 6.07) is 10.8. The zero-order valence-corrected chi connectivity index (χ0v) is 16.4. The van der Waals surface area contributed by atoms with Crippen molar-refractivity contribution in [3.05, 3.63) is 59.5 Å². The lowest BCUT2D eigenvalue weighted by molar-refractivity contribution is -0.130. The monoisotopic (exact) mass is 392 g/mol. The topological polar surface area (TPSA) is 88.3 Å². The molecule has 0 saturated carbocycles. The van der Waals surface area contributed by atoms with Gasteiger partial charge in [0, 0.05) is 39.2 Å². The van der Waals surface area contributed by atoms with E-state index < -0.39 is 5.97 Å². The van der Waals surface area contributed by atoms with Gasteiger partial charge in [-0.2, -0.15) is 0 Å². The normalized spacial score (nSPS) is 16.4. The Labute approximate surface area is 169 Å². The van der Waals surface area contributed by atoms with Gasteiger partial charge in [0.2, 0.25) is 5.91 Å². The second kappa shape index (κ2) is 8.03. The van der Waals surface area contributed by atoms with Gasteiger partial charge in [-0.05, 0) is 48.6 Å². The van der Waals surface area contributed by atoms with E-state index in [2.05, 4.69) is 9.97 Å². The van der Waals surface area contributed by atoms with Crippen LogP contribution < -0.4 is 0 Å². The van der Waals surface area contributed by atoms with Crippen LogP contribution in [0.15, 0.2) is 42.6 Å². The number of rotatable bonds is 6. The molecule has 0 bridgehead atoms. The van der Waals surface area contributed by atoms with E-state index in [1.165, 1.54) is 0 Å². The van der Waals surface area contributed by atoms with Gasteiger partial charge in [0.05, 0.1) is 5.56 Å². The molecule has 2 aromatic heterocycles. The Morgan fingerprint density at radius 3 is 2.72 bits per heavy atom. The highest BCUT2D eigenvalue weighted by molar-refractivity contribution is 5.87. The minimum absolute atomic E-state index is 0.161. The Bertz CT molecular complexity index is 1040. The molecule has 1 aliphatic rings. The predicted octanol–water partition coefficient (Wildman–Crippen LogP) is 2.69. The number of likely N-dealkylation sites (tertiary alicyclic amines) is 1. The Balaban J connectivity index is 1.31. The van der Waals surface area contributed by atoms with Gasteiger partial charge in [0.25, 0.3) is 0 Å². The summed E-state index contributed by atoms with van der Waals surface area (Å²) in [5, 5.41) is 8.99. The van der Waals surface area contributed by atoms with Gasteiger partial charge in [-0.15, -0.1) is 0 Å². The van der Waals surface area contributed by atoms with E-state index in [1.54, 1.807) is 18.3 Å². The quantitative estimate of drug-likeness (QED) is 0.697. The molecular weight excluding hydrogens is 368 g/mol. The van der Waals surface area contributed by atoms with Crippen LogP contribution in [0, 0.1) is 5.92 Å². The van der Waals surface area contributed by atoms with Crippen molar-refractivity contribution >= 4 is 23.0 Å². The summed E-state index contributed by atoms with van der Waals surface area (Å²) in [6.45, 7) is 1.53. The summed E-state index contributed by atoms with van der Waals surface area (Å²) in [6.07, 6.45) is 4.63. The van der Waals surface area contributed by atoms with Crippen LogP contribution in [-0.4, -0.2) is 49.5 Å². The molecule has 7 nitrogen and oxygen atoms in total. The highest BCUT2D eigenvalue weighted by atomic mass is 16.4. The molecule has 0 radical (unpaired) electrons. The number of carboxylic acids is 1. The van der Waals surface area contributed by atoms with Gasteiger partial charge in [-0.1, -0.05) is 12.1 Å². The van der Waals surface area contributed by atoms with Crippen LogP contribution in [0.25, 0.3) is 11.2 Å². The maximum absolute atomic E-state index is 12.7. The number of hydrogen-bond acceptors (Lipinski definition) is 4. The Morgan fingerprint density at radius 1 is 1.21 bits per heavy atom. The molecule has 4 rings (SSSR count). The Hall–Kier alpha value is -3.22. The molecule has 1 saturated heterocycles. The van der Waals surface area contributed by atoms with Crippen LogP contribution in [0.2, 0.25) is 0 Å². The van der Waals surface area contributed by atoms with Crippen molar-refractivity contribution in [2.75, 3.05) is 13.1 Å². The summed E-state index contributed by atoms with van der Waals surface area (Å²) >= 11 is 0. The SMILES string of the molecule is Cn1c(CCC(=O)N2CC[C@H](Cc3ccc(C(=O)O)cc3)C2)nc2cccnc21. The largest absolute Gasteiger partial charge is 0.478 e.